The number of rotatable bonds is 6. The minimum atomic E-state index is -3.54. The van der Waals surface area contributed by atoms with E-state index in [2.05, 4.69) is 4.18 Å². The second kappa shape index (κ2) is 5.75. The Balaban J connectivity index is 4.17. The fourth-order valence-corrected chi connectivity index (χ4v) is 2.00. The lowest BCUT2D eigenvalue weighted by atomic mass is 10.7. The molecule has 0 saturated heterocycles. The van der Waals surface area contributed by atoms with Crippen LogP contribution >= 0.6 is 11.6 Å². The highest BCUT2D eigenvalue weighted by molar-refractivity contribution is 7.84. The highest BCUT2D eigenvalue weighted by Gasteiger charge is 2.18. The molecular formula is C6H14ClNO3S. The number of hydrogen-bond donors (Lipinski definition) is 0. The van der Waals surface area contributed by atoms with E-state index < -0.39 is 10.3 Å². The fraction of sp³-hybridized carbons (Fsp3) is 1.00. The standard InChI is InChI=1S/C6H14ClNO3S/c1-3-8(4-2)12(9,10)11-6-5-7/h3-6H2,1-2H3. The van der Waals surface area contributed by atoms with E-state index in [0.29, 0.717) is 13.1 Å². The number of nitrogens with zero attached hydrogens (tertiary/aromatic N) is 1. The number of alkyl halides is 1. The Labute approximate surface area is 78.7 Å². The smallest absolute Gasteiger partial charge is 0.257 e. The molecule has 0 unspecified atom stereocenters. The van der Waals surface area contributed by atoms with Gasteiger partial charge in [0.2, 0.25) is 0 Å². The van der Waals surface area contributed by atoms with Crippen molar-refractivity contribution in [2.45, 2.75) is 13.8 Å². The van der Waals surface area contributed by atoms with Crippen molar-refractivity contribution in [1.29, 1.82) is 0 Å². The van der Waals surface area contributed by atoms with Gasteiger partial charge in [-0.05, 0) is 0 Å². The second-order valence-electron chi connectivity index (χ2n) is 2.05. The van der Waals surface area contributed by atoms with Gasteiger partial charge in [-0.2, -0.15) is 12.7 Å². The van der Waals surface area contributed by atoms with Crippen molar-refractivity contribution in [2.24, 2.45) is 0 Å². The normalized spacial score (nSPS) is 12.3. The Morgan fingerprint density at radius 3 is 2.17 bits per heavy atom. The molecular weight excluding hydrogens is 202 g/mol. The van der Waals surface area contributed by atoms with E-state index in [0.717, 1.165) is 0 Å². The summed E-state index contributed by atoms with van der Waals surface area (Å²) in [5.74, 6) is 0.181. The topological polar surface area (TPSA) is 46.6 Å². The lowest BCUT2D eigenvalue weighted by Gasteiger charge is -2.16. The highest BCUT2D eigenvalue weighted by atomic mass is 35.5. The molecule has 12 heavy (non-hydrogen) atoms. The lowest BCUT2D eigenvalue weighted by Crippen LogP contribution is -2.32. The van der Waals surface area contributed by atoms with Crippen molar-refractivity contribution in [2.75, 3.05) is 25.6 Å². The predicted molar refractivity (Wildman–Crippen MR) is 48.5 cm³/mol. The van der Waals surface area contributed by atoms with Crippen molar-refractivity contribution in [3.05, 3.63) is 0 Å². The molecule has 0 aromatic rings. The van der Waals surface area contributed by atoms with Gasteiger partial charge in [0, 0.05) is 19.0 Å². The van der Waals surface area contributed by atoms with E-state index in [4.69, 9.17) is 11.6 Å². The third-order valence-corrected chi connectivity index (χ3v) is 3.10. The van der Waals surface area contributed by atoms with Gasteiger partial charge in [-0.3, -0.25) is 4.18 Å². The molecule has 0 aliphatic heterocycles. The monoisotopic (exact) mass is 215 g/mol. The van der Waals surface area contributed by atoms with Crippen LogP contribution in [0.4, 0.5) is 0 Å². The first-order valence-electron chi connectivity index (χ1n) is 3.79. The molecule has 0 amide bonds. The Kier molecular flexibility index (Phi) is 5.82. The van der Waals surface area contributed by atoms with Crippen LogP contribution in [-0.4, -0.2) is 38.3 Å². The van der Waals surface area contributed by atoms with E-state index >= 15 is 0 Å². The number of halogens is 1. The van der Waals surface area contributed by atoms with Gasteiger partial charge in [0.05, 0.1) is 6.61 Å². The molecule has 0 heterocycles. The summed E-state index contributed by atoms with van der Waals surface area (Å²) >= 11 is 5.29. The quantitative estimate of drug-likeness (QED) is 0.617. The lowest BCUT2D eigenvalue weighted by molar-refractivity contribution is 0.287. The minimum absolute atomic E-state index is 0.0282. The Morgan fingerprint density at radius 1 is 1.33 bits per heavy atom. The van der Waals surface area contributed by atoms with E-state index in [1.807, 2.05) is 0 Å². The maximum Gasteiger partial charge on any atom is 0.338 e. The van der Waals surface area contributed by atoms with E-state index in [1.165, 1.54) is 4.31 Å². The Morgan fingerprint density at radius 2 is 1.83 bits per heavy atom. The molecule has 0 aliphatic rings. The molecule has 0 spiro atoms. The molecule has 0 bridgehead atoms. The second-order valence-corrected chi connectivity index (χ2v) is 4.04. The van der Waals surface area contributed by atoms with Gasteiger partial charge in [-0.15, -0.1) is 11.6 Å². The van der Waals surface area contributed by atoms with E-state index in [-0.39, 0.29) is 12.5 Å². The fourth-order valence-electron chi connectivity index (χ4n) is 0.751. The molecule has 0 fully saturated rings. The molecule has 0 atom stereocenters. The molecule has 0 rings (SSSR count). The van der Waals surface area contributed by atoms with Gasteiger partial charge in [-0.1, -0.05) is 13.8 Å². The SMILES string of the molecule is CCN(CC)S(=O)(=O)OCCCl. The summed E-state index contributed by atoms with van der Waals surface area (Å²) in [5.41, 5.74) is 0. The summed E-state index contributed by atoms with van der Waals surface area (Å²) in [7, 11) is -3.54. The zero-order valence-corrected chi connectivity index (χ0v) is 8.86. The third kappa shape index (κ3) is 3.71. The van der Waals surface area contributed by atoms with Gasteiger partial charge in [0.25, 0.3) is 0 Å². The van der Waals surface area contributed by atoms with Gasteiger partial charge in [0.15, 0.2) is 0 Å². The number of hydrogen-bond acceptors (Lipinski definition) is 3. The van der Waals surface area contributed by atoms with E-state index in [1.54, 1.807) is 13.8 Å². The molecule has 0 aromatic heterocycles. The van der Waals surface area contributed by atoms with Crippen LogP contribution in [0.5, 0.6) is 0 Å². The summed E-state index contributed by atoms with van der Waals surface area (Å²) in [5, 5.41) is 0. The molecule has 4 nitrogen and oxygen atoms in total. The van der Waals surface area contributed by atoms with Crippen molar-refractivity contribution in [3.63, 3.8) is 0 Å². The molecule has 0 N–H and O–H groups in total. The highest BCUT2D eigenvalue weighted by Crippen LogP contribution is 2.02. The average molecular weight is 216 g/mol. The van der Waals surface area contributed by atoms with Crippen LogP contribution in [0.3, 0.4) is 0 Å². The maximum absolute atomic E-state index is 11.2. The van der Waals surface area contributed by atoms with Crippen LogP contribution in [0.15, 0.2) is 0 Å². The van der Waals surface area contributed by atoms with Gasteiger partial charge in [-0.25, -0.2) is 0 Å². The molecule has 0 aromatic carbocycles. The van der Waals surface area contributed by atoms with Crippen LogP contribution in [0.1, 0.15) is 13.8 Å². The van der Waals surface area contributed by atoms with Gasteiger partial charge >= 0.3 is 10.3 Å². The largest absolute Gasteiger partial charge is 0.338 e. The van der Waals surface area contributed by atoms with Crippen molar-refractivity contribution >= 4 is 21.9 Å². The molecule has 0 radical (unpaired) electrons. The maximum atomic E-state index is 11.2. The predicted octanol–water partition coefficient (Wildman–Crippen LogP) is 0.828. The van der Waals surface area contributed by atoms with Crippen LogP contribution in [0.2, 0.25) is 0 Å². The molecule has 74 valence electrons. The van der Waals surface area contributed by atoms with Gasteiger partial charge in [0.1, 0.15) is 0 Å². The van der Waals surface area contributed by atoms with Crippen LogP contribution < -0.4 is 0 Å². The molecule has 0 aliphatic carbocycles. The third-order valence-electron chi connectivity index (χ3n) is 1.33. The van der Waals surface area contributed by atoms with Crippen molar-refractivity contribution < 1.29 is 12.6 Å². The average Bonchev–Trinajstić information content (AvgIpc) is 2.03. The zero-order chi connectivity index (χ0) is 9.61. The molecule has 0 saturated carbocycles. The first kappa shape index (κ1) is 12.2. The van der Waals surface area contributed by atoms with Crippen molar-refractivity contribution in [3.8, 4) is 0 Å². The van der Waals surface area contributed by atoms with Crippen LogP contribution in [-0.2, 0) is 14.5 Å². The Bertz CT molecular complexity index is 201. The first-order valence-corrected chi connectivity index (χ1v) is 5.68. The van der Waals surface area contributed by atoms with Gasteiger partial charge < -0.3 is 0 Å². The van der Waals surface area contributed by atoms with Crippen molar-refractivity contribution in [1.82, 2.24) is 4.31 Å². The first-order chi connectivity index (χ1) is 5.58. The molecule has 6 heteroatoms. The summed E-state index contributed by atoms with van der Waals surface area (Å²) in [6, 6.07) is 0. The van der Waals surface area contributed by atoms with E-state index in [9.17, 15) is 8.42 Å². The summed E-state index contributed by atoms with van der Waals surface area (Å²) in [6.45, 7) is 4.37. The Hall–Kier alpha value is 0.160. The summed E-state index contributed by atoms with van der Waals surface area (Å²) in [4.78, 5) is 0. The van der Waals surface area contributed by atoms with Crippen LogP contribution in [0, 0.1) is 0 Å². The van der Waals surface area contributed by atoms with Crippen LogP contribution in [0.25, 0.3) is 0 Å². The summed E-state index contributed by atoms with van der Waals surface area (Å²) in [6.07, 6.45) is 0. The zero-order valence-electron chi connectivity index (χ0n) is 7.29. The minimum Gasteiger partial charge on any atom is -0.257 e. The summed E-state index contributed by atoms with van der Waals surface area (Å²) < 4.78 is 28.2.